The molecule has 1 aliphatic heterocycles. The van der Waals surface area contributed by atoms with E-state index >= 15 is 0 Å². The second kappa shape index (κ2) is 5.64. The highest BCUT2D eigenvalue weighted by Gasteiger charge is 2.36. The lowest BCUT2D eigenvalue weighted by Crippen LogP contribution is -2.47. The van der Waals surface area contributed by atoms with E-state index in [1.54, 1.807) is 0 Å². The van der Waals surface area contributed by atoms with Crippen LogP contribution in [-0.2, 0) is 9.53 Å². The Kier molecular flexibility index (Phi) is 4.18. The fraction of sp³-hybridized carbons (Fsp3) is 0.917. The molecule has 4 nitrogen and oxygen atoms in total. The van der Waals surface area contributed by atoms with Gasteiger partial charge in [0.25, 0.3) is 0 Å². The summed E-state index contributed by atoms with van der Waals surface area (Å²) in [5, 5.41) is 0. The van der Waals surface area contributed by atoms with E-state index in [0.717, 1.165) is 18.9 Å². The maximum absolute atomic E-state index is 12.0. The van der Waals surface area contributed by atoms with Gasteiger partial charge in [-0.3, -0.25) is 4.79 Å². The fourth-order valence-electron chi connectivity index (χ4n) is 3.09. The maximum Gasteiger partial charge on any atom is 0.248 e. The van der Waals surface area contributed by atoms with Crippen molar-refractivity contribution in [3.05, 3.63) is 0 Å². The average Bonchev–Trinajstić information content (AvgIpc) is 2.76. The zero-order valence-electron chi connectivity index (χ0n) is 9.86. The van der Waals surface area contributed by atoms with Crippen molar-refractivity contribution in [2.24, 2.45) is 11.7 Å². The Morgan fingerprint density at radius 1 is 1.31 bits per heavy atom. The largest absolute Gasteiger partial charge is 0.370 e. The predicted octanol–water partition coefficient (Wildman–Crippen LogP) is 0.753. The van der Waals surface area contributed by atoms with Crippen molar-refractivity contribution in [2.45, 2.75) is 38.1 Å². The van der Waals surface area contributed by atoms with E-state index in [0.29, 0.717) is 19.2 Å². The van der Waals surface area contributed by atoms with Crippen molar-refractivity contribution in [3.8, 4) is 0 Å². The number of carbonyl (C=O) groups is 1. The molecule has 2 aliphatic rings. The molecule has 2 rings (SSSR count). The lowest BCUT2D eigenvalue weighted by Gasteiger charge is -2.37. The van der Waals surface area contributed by atoms with Crippen LogP contribution in [0.5, 0.6) is 0 Å². The highest BCUT2D eigenvalue weighted by molar-refractivity contribution is 5.78. The number of likely N-dealkylation sites (tertiary alicyclic amines) is 1. The first-order valence-corrected chi connectivity index (χ1v) is 6.40. The minimum atomic E-state index is 0.157. The van der Waals surface area contributed by atoms with Crippen LogP contribution >= 0.6 is 0 Å². The van der Waals surface area contributed by atoms with E-state index in [9.17, 15) is 4.79 Å². The normalized spacial score (nSPS) is 29.2. The number of fused-ring (bicyclic) bond motifs is 1. The van der Waals surface area contributed by atoms with Gasteiger partial charge in [0, 0.05) is 19.1 Å². The van der Waals surface area contributed by atoms with E-state index in [2.05, 4.69) is 4.90 Å². The number of nitrogens with zero attached hydrogens (tertiary/aromatic N) is 1. The SMILES string of the molecule is NCCOCC(=O)N1CCCC2CCCC21. The van der Waals surface area contributed by atoms with Crippen molar-refractivity contribution in [2.75, 3.05) is 26.3 Å². The second-order valence-electron chi connectivity index (χ2n) is 4.83. The Hall–Kier alpha value is -0.610. The third kappa shape index (κ3) is 2.55. The molecule has 1 saturated carbocycles. The molecule has 1 amide bonds. The van der Waals surface area contributed by atoms with Gasteiger partial charge in [-0.2, -0.15) is 0 Å². The van der Waals surface area contributed by atoms with Crippen LogP contribution in [0.15, 0.2) is 0 Å². The lowest BCUT2D eigenvalue weighted by atomic mass is 9.92. The van der Waals surface area contributed by atoms with Gasteiger partial charge in [-0.05, 0) is 31.6 Å². The Morgan fingerprint density at radius 2 is 2.12 bits per heavy atom. The number of nitrogens with two attached hydrogens (primary N) is 1. The summed E-state index contributed by atoms with van der Waals surface area (Å²) in [5.74, 6) is 0.914. The molecule has 1 aliphatic carbocycles. The Morgan fingerprint density at radius 3 is 2.94 bits per heavy atom. The minimum absolute atomic E-state index is 0.157. The molecule has 16 heavy (non-hydrogen) atoms. The fourth-order valence-corrected chi connectivity index (χ4v) is 3.09. The minimum Gasteiger partial charge on any atom is -0.370 e. The highest BCUT2D eigenvalue weighted by Crippen LogP contribution is 2.36. The summed E-state index contributed by atoms with van der Waals surface area (Å²) in [6.07, 6.45) is 6.23. The zero-order chi connectivity index (χ0) is 11.4. The molecule has 0 radical (unpaired) electrons. The summed E-state index contributed by atoms with van der Waals surface area (Å²) in [6.45, 7) is 2.10. The van der Waals surface area contributed by atoms with Crippen LogP contribution in [0.25, 0.3) is 0 Å². The Balaban J connectivity index is 1.84. The lowest BCUT2D eigenvalue weighted by molar-refractivity contribution is -0.140. The van der Waals surface area contributed by atoms with Crippen molar-refractivity contribution in [1.29, 1.82) is 0 Å². The number of hydrogen-bond acceptors (Lipinski definition) is 3. The topological polar surface area (TPSA) is 55.6 Å². The van der Waals surface area contributed by atoms with Crippen molar-refractivity contribution in [1.82, 2.24) is 4.90 Å². The van der Waals surface area contributed by atoms with E-state index in [4.69, 9.17) is 10.5 Å². The first-order valence-electron chi connectivity index (χ1n) is 6.40. The first kappa shape index (κ1) is 11.9. The number of piperidine rings is 1. The van der Waals surface area contributed by atoms with Crippen LogP contribution in [0.2, 0.25) is 0 Å². The van der Waals surface area contributed by atoms with E-state index < -0.39 is 0 Å². The molecule has 2 N–H and O–H groups in total. The van der Waals surface area contributed by atoms with Gasteiger partial charge in [-0.25, -0.2) is 0 Å². The summed E-state index contributed by atoms with van der Waals surface area (Å²) in [6, 6.07) is 0.503. The molecular formula is C12H22N2O2. The molecule has 2 unspecified atom stereocenters. The van der Waals surface area contributed by atoms with Gasteiger partial charge in [0.2, 0.25) is 5.91 Å². The van der Waals surface area contributed by atoms with E-state index in [1.807, 2.05) is 0 Å². The standard InChI is InChI=1S/C12H22N2O2/c13-6-8-16-9-12(15)14-7-2-4-10-3-1-5-11(10)14/h10-11H,1-9,13H2. The van der Waals surface area contributed by atoms with Gasteiger partial charge in [0.05, 0.1) is 6.61 Å². The number of ether oxygens (including phenoxy) is 1. The summed E-state index contributed by atoms with van der Waals surface area (Å²) < 4.78 is 5.23. The summed E-state index contributed by atoms with van der Waals surface area (Å²) in [5.41, 5.74) is 5.33. The highest BCUT2D eigenvalue weighted by atomic mass is 16.5. The Bertz CT molecular complexity index is 245. The Labute approximate surface area is 97.1 Å². The van der Waals surface area contributed by atoms with E-state index in [1.165, 1.54) is 25.7 Å². The monoisotopic (exact) mass is 226 g/mol. The van der Waals surface area contributed by atoms with Gasteiger partial charge in [0.15, 0.2) is 0 Å². The predicted molar refractivity (Wildman–Crippen MR) is 61.9 cm³/mol. The summed E-state index contributed by atoms with van der Waals surface area (Å²) in [7, 11) is 0. The molecule has 0 spiro atoms. The molecule has 2 fully saturated rings. The molecule has 2 atom stereocenters. The molecule has 0 aromatic heterocycles. The zero-order valence-corrected chi connectivity index (χ0v) is 9.86. The molecule has 0 aromatic rings. The van der Waals surface area contributed by atoms with Crippen molar-refractivity contribution < 1.29 is 9.53 Å². The molecule has 1 saturated heterocycles. The molecule has 92 valence electrons. The van der Waals surface area contributed by atoms with Gasteiger partial charge in [0.1, 0.15) is 6.61 Å². The molecule has 0 bridgehead atoms. The third-order valence-corrected chi connectivity index (χ3v) is 3.80. The van der Waals surface area contributed by atoms with Crippen LogP contribution in [-0.4, -0.2) is 43.2 Å². The van der Waals surface area contributed by atoms with Crippen LogP contribution in [0.3, 0.4) is 0 Å². The third-order valence-electron chi connectivity index (χ3n) is 3.80. The van der Waals surface area contributed by atoms with Gasteiger partial charge in [-0.15, -0.1) is 0 Å². The van der Waals surface area contributed by atoms with Gasteiger partial charge < -0.3 is 15.4 Å². The van der Waals surface area contributed by atoms with Crippen LogP contribution in [0, 0.1) is 5.92 Å². The average molecular weight is 226 g/mol. The molecule has 0 aromatic carbocycles. The van der Waals surface area contributed by atoms with Crippen LogP contribution in [0.4, 0.5) is 0 Å². The van der Waals surface area contributed by atoms with Crippen LogP contribution in [0.1, 0.15) is 32.1 Å². The quantitative estimate of drug-likeness (QED) is 0.720. The number of hydrogen-bond donors (Lipinski definition) is 1. The molecule has 4 heteroatoms. The number of rotatable bonds is 4. The van der Waals surface area contributed by atoms with Crippen LogP contribution < -0.4 is 5.73 Å². The molecule has 1 heterocycles. The second-order valence-corrected chi connectivity index (χ2v) is 4.83. The summed E-state index contributed by atoms with van der Waals surface area (Å²) in [4.78, 5) is 14.0. The number of carbonyl (C=O) groups excluding carboxylic acids is 1. The number of amides is 1. The van der Waals surface area contributed by atoms with Crippen molar-refractivity contribution >= 4 is 5.91 Å². The van der Waals surface area contributed by atoms with Gasteiger partial charge >= 0.3 is 0 Å². The summed E-state index contributed by atoms with van der Waals surface area (Å²) >= 11 is 0. The smallest absolute Gasteiger partial charge is 0.248 e. The first-order chi connectivity index (χ1) is 7.83. The van der Waals surface area contributed by atoms with E-state index in [-0.39, 0.29) is 12.5 Å². The molecular weight excluding hydrogens is 204 g/mol. The van der Waals surface area contributed by atoms with Gasteiger partial charge in [-0.1, -0.05) is 6.42 Å². The van der Waals surface area contributed by atoms with Crippen molar-refractivity contribution in [3.63, 3.8) is 0 Å². The maximum atomic E-state index is 12.0.